The van der Waals surface area contributed by atoms with E-state index in [4.69, 9.17) is 0 Å². The fraction of sp³-hybridized carbons (Fsp3) is 0.133. The van der Waals surface area contributed by atoms with E-state index in [1.54, 1.807) is 18.3 Å². The molecule has 90 valence electrons. The van der Waals surface area contributed by atoms with E-state index in [0.29, 0.717) is 0 Å². The Kier molecular flexibility index (Phi) is 2.33. The zero-order valence-corrected chi connectivity index (χ0v) is 10.4. The molecule has 2 heterocycles. The smallest absolute Gasteiger partial charge is 0.182 e. The third kappa shape index (κ3) is 1.56. The van der Waals surface area contributed by atoms with Crippen molar-refractivity contribution < 1.29 is 0 Å². The van der Waals surface area contributed by atoms with Crippen LogP contribution in [-0.4, -0.2) is 9.13 Å². The minimum atomic E-state index is 0.0380. The maximum absolute atomic E-state index is 11.5. The molecule has 0 aliphatic rings. The van der Waals surface area contributed by atoms with Crippen LogP contribution >= 0.6 is 0 Å². The lowest BCUT2D eigenvalue weighted by Gasteiger charge is -2.06. The summed E-state index contributed by atoms with van der Waals surface area (Å²) >= 11 is 0. The molecular weight excluding hydrogens is 224 g/mol. The highest BCUT2D eigenvalue weighted by Gasteiger charge is 2.10. The van der Waals surface area contributed by atoms with Crippen molar-refractivity contribution in [2.45, 2.75) is 0 Å². The van der Waals surface area contributed by atoms with Gasteiger partial charge in [0.1, 0.15) is 0 Å². The lowest BCUT2D eigenvalue weighted by Crippen LogP contribution is -2.04. The fourth-order valence-electron chi connectivity index (χ4n) is 2.36. The van der Waals surface area contributed by atoms with Crippen molar-refractivity contribution in [2.75, 3.05) is 0 Å². The summed E-state index contributed by atoms with van der Waals surface area (Å²) in [5, 5.41) is 1.17. The molecule has 1 aromatic carbocycles. The molecule has 3 nitrogen and oxygen atoms in total. The Morgan fingerprint density at radius 1 is 1.00 bits per heavy atom. The van der Waals surface area contributed by atoms with Gasteiger partial charge in [0.25, 0.3) is 0 Å². The number of hydrogen-bond acceptors (Lipinski definition) is 1. The van der Waals surface area contributed by atoms with Gasteiger partial charge < -0.3 is 9.13 Å². The lowest BCUT2D eigenvalue weighted by atomic mass is 10.1. The van der Waals surface area contributed by atoms with Gasteiger partial charge in [0, 0.05) is 55.1 Å². The quantitative estimate of drug-likeness (QED) is 0.640. The molecule has 0 aliphatic heterocycles. The third-order valence-corrected chi connectivity index (χ3v) is 3.29. The number of aromatic nitrogens is 2. The highest BCUT2D eigenvalue weighted by Crippen LogP contribution is 2.28. The van der Waals surface area contributed by atoms with Gasteiger partial charge >= 0.3 is 0 Å². The van der Waals surface area contributed by atoms with Crippen LogP contribution in [0, 0.1) is 0 Å². The number of hydrogen-bond donors (Lipinski definition) is 0. The molecule has 0 fully saturated rings. The molecule has 0 atom stereocenters. The van der Waals surface area contributed by atoms with E-state index in [-0.39, 0.29) is 5.43 Å². The predicted molar refractivity (Wildman–Crippen MR) is 73.6 cm³/mol. The van der Waals surface area contributed by atoms with Gasteiger partial charge in [-0.3, -0.25) is 4.79 Å². The molecule has 3 rings (SSSR count). The van der Waals surface area contributed by atoms with Crippen LogP contribution in [-0.2, 0) is 14.1 Å². The Labute approximate surface area is 105 Å². The fourth-order valence-corrected chi connectivity index (χ4v) is 2.36. The van der Waals surface area contributed by atoms with Crippen molar-refractivity contribution in [2.24, 2.45) is 14.1 Å². The van der Waals surface area contributed by atoms with Crippen LogP contribution in [0.25, 0.3) is 22.2 Å². The molecule has 0 unspecified atom stereocenters. The van der Waals surface area contributed by atoms with Crippen LogP contribution in [0.5, 0.6) is 0 Å². The van der Waals surface area contributed by atoms with E-state index in [1.807, 2.05) is 30.8 Å². The van der Waals surface area contributed by atoms with Crippen LogP contribution in [0.1, 0.15) is 0 Å². The second-order valence-electron chi connectivity index (χ2n) is 4.53. The average Bonchev–Trinajstić information content (AvgIpc) is 2.71. The summed E-state index contributed by atoms with van der Waals surface area (Å²) in [6.45, 7) is 0. The summed E-state index contributed by atoms with van der Waals surface area (Å²) in [4.78, 5) is 11.5. The predicted octanol–water partition coefficient (Wildman–Crippen LogP) is 2.54. The summed E-state index contributed by atoms with van der Waals surface area (Å²) in [5.74, 6) is 0. The first-order chi connectivity index (χ1) is 8.66. The molecule has 0 N–H and O–H groups in total. The second-order valence-corrected chi connectivity index (χ2v) is 4.53. The van der Waals surface area contributed by atoms with E-state index < -0.39 is 0 Å². The van der Waals surface area contributed by atoms with Gasteiger partial charge in [0.05, 0.1) is 5.69 Å². The topological polar surface area (TPSA) is 26.9 Å². The molecule has 2 aromatic heterocycles. The monoisotopic (exact) mass is 238 g/mol. The molecule has 0 saturated heterocycles. The molecule has 0 radical (unpaired) electrons. The zero-order chi connectivity index (χ0) is 12.7. The SMILES string of the molecule is Cn1ccc(=O)cc1-c1cn(C)c2ccccc12. The molecule has 0 amide bonds. The zero-order valence-electron chi connectivity index (χ0n) is 10.4. The summed E-state index contributed by atoms with van der Waals surface area (Å²) in [5.41, 5.74) is 3.24. The Morgan fingerprint density at radius 3 is 2.61 bits per heavy atom. The van der Waals surface area contributed by atoms with Crippen molar-refractivity contribution in [1.29, 1.82) is 0 Å². The van der Waals surface area contributed by atoms with Gasteiger partial charge in [-0.05, 0) is 6.07 Å². The van der Waals surface area contributed by atoms with E-state index in [0.717, 1.165) is 11.3 Å². The van der Waals surface area contributed by atoms with Gasteiger partial charge in [-0.15, -0.1) is 0 Å². The summed E-state index contributed by atoms with van der Waals surface area (Å²) < 4.78 is 4.06. The van der Waals surface area contributed by atoms with Crippen LogP contribution in [0.3, 0.4) is 0 Å². The number of fused-ring (bicyclic) bond motifs is 1. The summed E-state index contributed by atoms with van der Waals surface area (Å²) in [6.07, 6.45) is 3.87. The largest absolute Gasteiger partial charge is 0.350 e. The van der Waals surface area contributed by atoms with Crippen molar-refractivity contribution in [3.8, 4) is 11.3 Å². The molecule has 3 aromatic rings. The number of aryl methyl sites for hydroxylation is 2. The van der Waals surface area contributed by atoms with Gasteiger partial charge in [-0.2, -0.15) is 0 Å². The molecule has 3 heteroatoms. The van der Waals surface area contributed by atoms with Gasteiger partial charge in [0.2, 0.25) is 0 Å². The first-order valence-corrected chi connectivity index (χ1v) is 5.88. The Balaban J connectivity index is 2.39. The van der Waals surface area contributed by atoms with E-state index >= 15 is 0 Å². The van der Waals surface area contributed by atoms with E-state index in [1.165, 1.54) is 10.9 Å². The Hall–Kier alpha value is -2.29. The lowest BCUT2D eigenvalue weighted by molar-refractivity contribution is 0.907. The summed E-state index contributed by atoms with van der Waals surface area (Å²) in [6, 6.07) is 11.5. The van der Waals surface area contributed by atoms with E-state index in [2.05, 4.69) is 22.9 Å². The minimum Gasteiger partial charge on any atom is -0.350 e. The standard InChI is InChI=1S/C15H14N2O/c1-16-8-7-11(18)9-15(16)13-10-17(2)14-6-4-3-5-12(13)14/h3-10H,1-2H3. The van der Waals surface area contributed by atoms with Crippen LogP contribution in [0.15, 0.2) is 53.6 Å². The first kappa shape index (κ1) is 10.8. The second kappa shape index (κ2) is 3.88. The number of nitrogens with zero attached hydrogens (tertiary/aromatic N) is 2. The first-order valence-electron chi connectivity index (χ1n) is 5.88. The number of pyridine rings is 1. The van der Waals surface area contributed by atoms with Crippen molar-refractivity contribution >= 4 is 10.9 Å². The van der Waals surface area contributed by atoms with Gasteiger partial charge in [-0.1, -0.05) is 18.2 Å². The Morgan fingerprint density at radius 2 is 1.78 bits per heavy atom. The van der Waals surface area contributed by atoms with Crippen molar-refractivity contribution in [1.82, 2.24) is 9.13 Å². The molecule has 0 aliphatic carbocycles. The van der Waals surface area contributed by atoms with Crippen LogP contribution in [0.2, 0.25) is 0 Å². The van der Waals surface area contributed by atoms with E-state index in [9.17, 15) is 4.79 Å². The van der Waals surface area contributed by atoms with Gasteiger partial charge in [-0.25, -0.2) is 0 Å². The average molecular weight is 238 g/mol. The molecule has 0 saturated carbocycles. The highest BCUT2D eigenvalue weighted by molar-refractivity contribution is 5.95. The molecule has 0 spiro atoms. The van der Waals surface area contributed by atoms with Crippen molar-refractivity contribution in [3.63, 3.8) is 0 Å². The van der Waals surface area contributed by atoms with Crippen LogP contribution < -0.4 is 5.43 Å². The Bertz CT molecular complexity index is 781. The number of para-hydroxylation sites is 1. The third-order valence-electron chi connectivity index (χ3n) is 3.29. The van der Waals surface area contributed by atoms with Crippen molar-refractivity contribution in [3.05, 3.63) is 59.0 Å². The maximum atomic E-state index is 11.5. The van der Waals surface area contributed by atoms with Crippen LogP contribution in [0.4, 0.5) is 0 Å². The van der Waals surface area contributed by atoms with Gasteiger partial charge in [0.15, 0.2) is 5.43 Å². The maximum Gasteiger partial charge on any atom is 0.182 e. The highest BCUT2D eigenvalue weighted by atomic mass is 16.1. The number of rotatable bonds is 1. The molecule has 0 bridgehead atoms. The molecular formula is C15H14N2O. The minimum absolute atomic E-state index is 0.0380. The number of benzene rings is 1. The summed E-state index contributed by atoms with van der Waals surface area (Å²) in [7, 11) is 3.98. The molecule has 18 heavy (non-hydrogen) atoms. The normalized spacial score (nSPS) is 11.0.